The maximum Gasteiger partial charge on any atom is 0.418 e. The molecule has 0 radical (unpaired) electrons. The van der Waals surface area contributed by atoms with Crippen LogP contribution in [-0.2, 0) is 23.7 Å². The normalized spacial score (nSPS) is 11.8. The molecule has 9 nitrogen and oxygen atoms in total. The van der Waals surface area contributed by atoms with Crippen LogP contribution in [0.2, 0.25) is 0 Å². The smallest absolute Gasteiger partial charge is 0.418 e. The van der Waals surface area contributed by atoms with Gasteiger partial charge in [-0.05, 0) is 42.5 Å². The Kier molecular flexibility index (Phi) is 8.16. The number of aromatic hydroxyl groups is 1. The Morgan fingerprint density at radius 1 is 1.05 bits per heavy atom. The minimum absolute atomic E-state index is 0. The maximum absolute atomic E-state index is 13.5. The van der Waals surface area contributed by atoms with Crippen molar-refractivity contribution in [3.63, 3.8) is 0 Å². The number of hydrogen-bond acceptors (Lipinski definition) is 8. The Hall–Kier alpha value is -4.24. The van der Waals surface area contributed by atoms with Crippen molar-refractivity contribution in [2.24, 2.45) is 0 Å². The molecule has 0 unspecified atom stereocenters. The lowest BCUT2D eigenvalue weighted by atomic mass is 10.1. The summed E-state index contributed by atoms with van der Waals surface area (Å²) in [5.74, 6) is -0.861. The van der Waals surface area contributed by atoms with Gasteiger partial charge < -0.3 is 15.2 Å². The van der Waals surface area contributed by atoms with Crippen molar-refractivity contribution in [1.29, 1.82) is 0 Å². The molecule has 16 heteroatoms. The number of methoxy groups -OCH3 is 1. The number of ether oxygens (including phenoxy) is 1. The molecule has 0 saturated carbocycles. The molecule has 0 fully saturated rings. The van der Waals surface area contributed by atoms with Crippen molar-refractivity contribution in [3.05, 3.63) is 75.6 Å². The van der Waals surface area contributed by atoms with Crippen LogP contribution in [0.3, 0.4) is 0 Å². The van der Waals surface area contributed by atoms with Gasteiger partial charge in [0.05, 0.1) is 34.0 Å². The Bertz CT molecular complexity index is 1550. The van der Waals surface area contributed by atoms with Crippen LogP contribution in [0, 0.1) is 10.1 Å². The van der Waals surface area contributed by atoms with Gasteiger partial charge in [-0.25, -0.2) is 9.97 Å². The average molecular weight is 576 g/mol. The molecule has 3 aromatic heterocycles. The predicted octanol–water partition coefficient (Wildman–Crippen LogP) is 6.66. The molecule has 0 bridgehead atoms. The van der Waals surface area contributed by atoms with Crippen LogP contribution in [0.25, 0.3) is 22.4 Å². The molecular weight excluding hydrogens is 560 g/mol. The van der Waals surface area contributed by atoms with Gasteiger partial charge >= 0.3 is 18.0 Å². The number of halogens is 7. The van der Waals surface area contributed by atoms with Gasteiger partial charge in [0.2, 0.25) is 0 Å². The summed E-state index contributed by atoms with van der Waals surface area (Å²) in [6.07, 6.45) is -8.37. The quantitative estimate of drug-likeness (QED) is 0.113. The number of phenols is 1. The molecule has 1 aromatic carbocycles. The fourth-order valence-electron chi connectivity index (χ4n) is 3.66. The van der Waals surface area contributed by atoms with Gasteiger partial charge in [-0.15, -0.1) is 12.4 Å². The lowest BCUT2D eigenvalue weighted by molar-refractivity contribution is -0.385. The SMILES string of the molecule is COCc1nc2nc(-c3ncccc3C(F)(F)F)ccc2c(Nc2ccc(C(F)(F)F)cc2O)c1[N+](=O)[O-].Cl. The van der Waals surface area contributed by atoms with Crippen LogP contribution in [0.1, 0.15) is 16.8 Å². The highest BCUT2D eigenvalue weighted by Crippen LogP contribution is 2.42. The second-order valence-electron chi connectivity index (χ2n) is 7.79. The lowest BCUT2D eigenvalue weighted by Gasteiger charge is -2.16. The minimum atomic E-state index is -4.75. The molecule has 0 spiro atoms. The number of hydrogen-bond donors (Lipinski definition) is 2. The molecule has 39 heavy (non-hydrogen) atoms. The summed E-state index contributed by atoms with van der Waals surface area (Å²) in [5, 5.41) is 24.6. The molecule has 0 aliphatic rings. The van der Waals surface area contributed by atoms with Gasteiger partial charge in [-0.3, -0.25) is 15.1 Å². The van der Waals surface area contributed by atoms with Gasteiger partial charge in [-0.1, -0.05) is 0 Å². The molecule has 0 saturated heterocycles. The van der Waals surface area contributed by atoms with Crippen LogP contribution in [0.5, 0.6) is 5.75 Å². The number of rotatable bonds is 6. The van der Waals surface area contributed by atoms with Crippen LogP contribution in [0.15, 0.2) is 48.7 Å². The number of anilines is 2. The van der Waals surface area contributed by atoms with Crippen molar-refractivity contribution >= 4 is 40.5 Å². The first-order valence-corrected chi connectivity index (χ1v) is 10.5. The number of nitro groups is 1. The van der Waals surface area contributed by atoms with Crippen molar-refractivity contribution in [3.8, 4) is 17.1 Å². The third-order valence-corrected chi connectivity index (χ3v) is 5.30. The van der Waals surface area contributed by atoms with Gasteiger partial charge in [0.15, 0.2) is 5.65 Å². The van der Waals surface area contributed by atoms with E-state index in [0.29, 0.717) is 12.1 Å². The molecular formula is C23H16ClF6N5O4. The fourth-order valence-corrected chi connectivity index (χ4v) is 3.66. The van der Waals surface area contributed by atoms with E-state index in [4.69, 9.17) is 4.74 Å². The number of benzene rings is 1. The first-order valence-electron chi connectivity index (χ1n) is 10.5. The molecule has 3 heterocycles. The zero-order valence-corrected chi connectivity index (χ0v) is 20.3. The second kappa shape index (κ2) is 10.9. The van der Waals surface area contributed by atoms with Crippen LogP contribution in [0.4, 0.5) is 43.4 Å². The summed E-state index contributed by atoms with van der Waals surface area (Å²) in [4.78, 5) is 23.1. The topological polar surface area (TPSA) is 123 Å². The highest BCUT2D eigenvalue weighted by Gasteiger charge is 2.35. The van der Waals surface area contributed by atoms with Crippen LogP contribution in [-0.4, -0.2) is 32.1 Å². The standard InChI is InChI=1S/C23H15F6N5O4.ClH/c1-38-10-16-20(34(36)37)18(31-14-6-4-11(9-17(14)35)22(24,25)26)12-5-7-15(32-21(12)33-16)19-13(23(27,28)29)3-2-8-30-19;/h2-9,35H,10H2,1H3,(H,31,32,33);1H. The third-order valence-electron chi connectivity index (χ3n) is 5.30. The summed E-state index contributed by atoms with van der Waals surface area (Å²) in [7, 11) is 1.22. The van der Waals surface area contributed by atoms with Crippen LogP contribution < -0.4 is 5.32 Å². The van der Waals surface area contributed by atoms with Crippen molar-refractivity contribution in [2.75, 3.05) is 12.4 Å². The largest absolute Gasteiger partial charge is 0.506 e. The number of fused-ring (bicyclic) bond motifs is 1. The number of phenolic OH excluding ortho intramolecular Hbond substituents is 1. The highest BCUT2D eigenvalue weighted by molar-refractivity contribution is 5.98. The van der Waals surface area contributed by atoms with E-state index in [-0.39, 0.29) is 46.2 Å². The van der Waals surface area contributed by atoms with Crippen molar-refractivity contribution < 1.29 is 41.1 Å². The Balaban J connectivity index is 0.00000420. The first-order chi connectivity index (χ1) is 17.8. The number of nitrogens with zero attached hydrogens (tertiary/aromatic N) is 4. The number of nitrogens with one attached hydrogen (secondary N) is 1. The summed E-state index contributed by atoms with van der Waals surface area (Å²) >= 11 is 0. The number of pyridine rings is 3. The molecule has 0 amide bonds. The minimum Gasteiger partial charge on any atom is -0.506 e. The number of aromatic nitrogens is 3. The van der Waals surface area contributed by atoms with E-state index >= 15 is 0 Å². The van der Waals surface area contributed by atoms with Gasteiger partial charge in [-0.2, -0.15) is 26.3 Å². The van der Waals surface area contributed by atoms with Gasteiger partial charge in [0, 0.05) is 18.7 Å². The molecule has 206 valence electrons. The zero-order chi connectivity index (χ0) is 27.8. The lowest BCUT2D eigenvalue weighted by Crippen LogP contribution is -2.10. The molecule has 4 rings (SSSR count). The first kappa shape index (κ1) is 29.3. The Labute approximate surface area is 221 Å². The highest BCUT2D eigenvalue weighted by atomic mass is 35.5. The predicted molar refractivity (Wildman–Crippen MR) is 129 cm³/mol. The molecule has 0 atom stereocenters. The summed E-state index contributed by atoms with van der Waals surface area (Å²) in [5.41, 5.74) is -4.77. The van der Waals surface area contributed by atoms with Crippen molar-refractivity contribution in [2.45, 2.75) is 19.0 Å². The third kappa shape index (κ3) is 5.93. The fraction of sp³-hybridized carbons (Fsp3) is 0.174. The van der Waals surface area contributed by atoms with E-state index in [1.54, 1.807) is 0 Å². The molecule has 0 aliphatic heterocycles. The second-order valence-corrected chi connectivity index (χ2v) is 7.79. The number of alkyl halides is 6. The van der Waals surface area contributed by atoms with E-state index in [9.17, 15) is 41.6 Å². The summed E-state index contributed by atoms with van der Waals surface area (Å²) < 4.78 is 84.5. The van der Waals surface area contributed by atoms with Crippen molar-refractivity contribution in [1.82, 2.24) is 15.0 Å². The average Bonchev–Trinajstić information content (AvgIpc) is 2.83. The summed E-state index contributed by atoms with van der Waals surface area (Å²) in [6.45, 7) is -0.413. The Morgan fingerprint density at radius 2 is 1.77 bits per heavy atom. The van der Waals surface area contributed by atoms with E-state index < -0.39 is 52.1 Å². The summed E-state index contributed by atoms with van der Waals surface area (Å²) in [6, 6.07) is 6.21. The van der Waals surface area contributed by atoms with E-state index in [1.165, 1.54) is 13.2 Å². The monoisotopic (exact) mass is 575 g/mol. The Morgan fingerprint density at radius 3 is 2.36 bits per heavy atom. The van der Waals surface area contributed by atoms with E-state index in [0.717, 1.165) is 30.5 Å². The molecule has 0 aliphatic carbocycles. The van der Waals surface area contributed by atoms with Gasteiger partial charge in [0.1, 0.15) is 22.8 Å². The molecule has 4 aromatic rings. The van der Waals surface area contributed by atoms with E-state index in [2.05, 4.69) is 20.3 Å². The van der Waals surface area contributed by atoms with E-state index in [1.807, 2.05) is 0 Å². The zero-order valence-electron chi connectivity index (χ0n) is 19.5. The van der Waals surface area contributed by atoms with Gasteiger partial charge in [0.25, 0.3) is 0 Å². The maximum atomic E-state index is 13.5. The molecule has 2 N–H and O–H groups in total. The van der Waals surface area contributed by atoms with Crippen LogP contribution >= 0.6 is 12.4 Å².